The Labute approximate surface area is 246 Å². The van der Waals surface area contributed by atoms with Gasteiger partial charge >= 0.3 is 0 Å². The lowest BCUT2D eigenvalue weighted by Gasteiger charge is -2.34. The fourth-order valence-electron chi connectivity index (χ4n) is 4.66. The molecule has 1 atom stereocenters. The van der Waals surface area contributed by atoms with Gasteiger partial charge in [-0.25, -0.2) is 9.97 Å². The molecule has 5 heterocycles. The summed E-state index contributed by atoms with van der Waals surface area (Å²) in [5.74, 6) is -0.175. The van der Waals surface area contributed by atoms with E-state index >= 15 is 0 Å². The first-order chi connectivity index (χ1) is 17.6. The Bertz CT molecular complexity index is 1230. The fourth-order valence-corrected chi connectivity index (χ4v) is 4.66. The van der Waals surface area contributed by atoms with E-state index in [0.717, 1.165) is 43.9 Å². The molecule has 0 bridgehead atoms. The van der Waals surface area contributed by atoms with Crippen LogP contribution in [0.2, 0.25) is 0 Å². The molecule has 0 aliphatic carbocycles. The summed E-state index contributed by atoms with van der Waals surface area (Å²) in [7, 11) is 2.12. The number of halogens is 3. The van der Waals surface area contributed by atoms with Crippen LogP contribution in [0.25, 0.3) is 11.3 Å². The van der Waals surface area contributed by atoms with Crippen LogP contribution in [0.5, 0.6) is 0 Å². The number of nitrogens with zero attached hydrogens (tertiary/aromatic N) is 7. The van der Waals surface area contributed by atoms with Crippen molar-refractivity contribution in [3.8, 4) is 11.3 Å². The van der Waals surface area contributed by atoms with Gasteiger partial charge in [-0.2, -0.15) is 0 Å². The van der Waals surface area contributed by atoms with Crippen molar-refractivity contribution in [2.24, 2.45) is 5.92 Å². The lowest BCUT2D eigenvalue weighted by molar-refractivity contribution is -0.121. The van der Waals surface area contributed by atoms with Crippen LogP contribution in [0.3, 0.4) is 0 Å². The van der Waals surface area contributed by atoms with E-state index in [9.17, 15) is 9.59 Å². The summed E-state index contributed by atoms with van der Waals surface area (Å²) in [6, 6.07) is 9.29. The van der Waals surface area contributed by atoms with Gasteiger partial charge in [-0.1, -0.05) is 0 Å². The van der Waals surface area contributed by atoms with Crippen LogP contribution in [-0.2, 0) is 4.79 Å². The third-order valence-electron chi connectivity index (χ3n) is 6.79. The third kappa shape index (κ3) is 7.98. The Morgan fingerprint density at radius 1 is 0.949 bits per heavy atom. The molecule has 13 heteroatoms. The number of carbonyl (C=O) groups excluding carboxylic acids is 2. The minimum absolute atomic E-state index is 0. The minimum Gasteiger partial charge on any atom is -0.369 e. The number of likely N-dealkylation sites (N-methyl/N-ethyl adjacent to an activating group) is 1. The monoisotopic (exact) mass is 594 g/mol. The van der Waals surface area contributed by atoms with Crippen molar-refractivity contribution in [3.05, 3.63) is 60.9 Å². The number of anilines is 2. The predicted octanol–water partition coefficient (Wildman–Crippen LogP) is 3.44. The maximum Gasteiger partial charge on any atom is 0.272 e. The molecule has 39 heavy (non-hydrogen) atoms. The second-order valence-electron chi connectivity index (χ2n) is 9.30. The molecule has 10 nitrogen and oxygen atoms in total. The molecule has 0 unspecified atom stereocenters. The summed E-state index contributed by atoms with van der Waals surface area (Å²) in [5, 5.41) is 2.90. The number of nitrogens with one attached hydrogen (secondary N) is 1. The summed E-state index contributed by atoms with van der Waals surface area (Å²) in [6.45, 7) is 4.79. The molecule has 0 saturated carbocycles. The summed E-state index contributed by atoms with van der Waals surface area (Å²) in [4.78, 5) is 49.6. The van der Waals surface area contributed by atoms with Crippen LogP contribution in [-0.4, -0.2) is 87.9 Å². The number of pyridine rings is 2. The van der Waals surface area contributed by atoms with Gasteiger partial charge in [0.2, 0.25) is 5.91 Å². The van der Waals surface area contributed by atoms with Gasteiger partial charge in [0.15, 0.2) is 0 Å². The Morgan fingerprint density at radius 2 is 1.74 bits per heavy atom. The Morgan fingerprint density at radius 3 is 2.49 bits per heavy atom. The van der Waals surface area contributed by atoms with Gasteiger partial charge < -0.3 is 20.0 Å². The van der Waals surface area contributed by atoms with Gasteiger partial charge in [0, 0.05) is 75.2 Å². The second-order valence-corrected chi connectivity index (χ2v) is 9.30. The topological polar surface area (TPSA) is 107 Å². The molecule has 0 spiro atoms. The highest BCUT2D eigenvalue weighted by Crippen LogP contribution is 2.23. The van der Waals surface area contributed by atoms with E-state index in [1.165, 1.54) is 6.33 Å². The molecule has 210 valence electrons. The van der Waals surface area contributed by atoms with Gasteiger partial charge in [0.25, 0.3) is 5.91 Å². The highest BCUT2D eigenvalue weighted by atomic mass is 35.5. The normalized spacial score (nSPS) is 17.2. The molecule has 3 aromatic rings. The number of likely N-dealkylation sites (tertiary alicyclic amines) is 1. The molecular formula is C26H33Cl3N8O2. The summed E-state index contributed by atoms with van der Waals surface area (Å²) in [5.41, 5.74) is 2.96. The van der Waals surface area contributed by atoms with Crippen molar-refractivity contribution in [1.29, 1.82) is 0 Å². The Balaban J connectivity index is 0.00000178. The molecule has 0 aromatic carbocycles. The molecule has 3 aromatic heterocycles. The molecule has 2 aliphatic rings. The second kappa shape index (κ2) is 14.9. The number of carbonyl (C=O) groups is 2. The van der Waals surface area contributed by atoms with Gasteiger partial charge in [-0.3, -0.25) is 19.6 Å². The lowest BCUT2D eigenvalue weighted by atomic mass is 9.96. The lowest BCUT2D eigenvalue weighted by Crippen LogP contribution is -2.45. The number of piperidine rings is 1. The molecule has 2 amide bonds. The number of aromatic nitrogens is 4. The molecule has 2 fully saturated rings. The highest BCUT2D eigenvalue weighted by molar-refractivity contribution is 5.95. The largest absolute Gasteiger partial charge is 0.369 e. The van der Waals surface area contributed by atoms with Crippen molar-refractivity contribution in [1.82, 2.24) is 29.7 Å². The molecule has 2 aliphatic heterocycles. The van der Waals surface area contributed by atoms with E-state index in [-0.39, 0.29) is 55.0 Å². The zero-order valence-electron chi connectivity index (χ0n) is 21.6. The van der Waals surface area contributed by atoms with Crippen LogP contribution < -0.4 is 10.2 Å². The van der Waals surface area contributed by atoms with Gasteiger partial charge in [0.1, 0.15) is 17.8 Å². The number of piperazine rings is 1. The third-order valence-corrected chi connectivity index (χ3v) is 6.79. The van der Waals surface area contributed by atoms with Crippen molar-refractivity contribution >= 4 is 60.5 Å². The SMILES string of the molecule is CN1CCN(c2ccnc(C(=O)N3CCC[C@H](C(=O)Nc4cc(-c5cccnc5)ncn4)C3)c2)CC1.Cl.Cl.Cl. The first-order valence-electron chi connectivity index (χ1n) is 12.3. The van der Waals surface area contributed by atoms with E-state index in [0.29, 0.717) is 36.7 Å². The van der Waals surface area contributed by atoms with E-state index in [1.807, 2.05) is 24.3 Å². The minimum atomic E-state index is -0.319. The predicted molar refractivity (Wildman–Crippen MR) is 158 cm³/mol. The number of hydrogen-bond donors (Lipinski definition) is 1. The van der Waals surface area contributed by atoms with Crippen LogP contribution in [0.1, 0.15) is 23.3 Å². The van der Waals surface area contributed by atoms with Crippen LogP contribution >= 0.6 is 37.2 Å². The molecule has 1 N–H and O–H groups in total. The van der Waals surface area contributed by atoms with Crippen molar-refractivity contribution in [2.45, 2.75) is 12.8 Å². The maximum atomic E-state index is 13.3. The summed E-state index contributed by atoms with van der Waals surface area (Å²) in [6.07, 6.45) is 8.00. The first-order valence-corrected chi connectivity index (χ1v) is 12.3. The van der Waals surface area contributed by atoms with Crippen LogP contribution in [0.15, 0.2) is 55.2 Å². The van der Waals surface area contributed by atoms with Crippen molar-refractivity contribution in [2.75, 3.05) is 56.5 Å². The summed E-state index contributed by atoms with van der Waals surface area (Å²) >= 11 is 0. The molecule has 5 rings (SSSR count). The smallest absolute Gasteiger partial charge is 0.272 e. The van der Waals surface area contributed by atoms with E-state index in [1.54, 1.807) is 29.6 Å². The molecule has 2 saturated heterocycles. The standard InChI is InChI=1S/C26H30N8O2.3ClH/c1-32-10-12-33(13-11-32)21-6-8-28-23(14-21)26(36)34-9-3-5-20(17-34)25(35)31-24-15-22(29-18-30-24)19-4-2-7-27-16-19;;;/h2,4,6-8,14-16,18,20H,3,5,9-13,17H2,1H3,(H,29,30,31,35);3*1H/t20-;;;/m0.../s1. The zero-order chi connectivity index (χ0) is 24.9. The van der Waals surface area contributed by atoms with E-state index in [4.69, 9.17) is 0 Å². The van der Waals surface area contributed by atoms with E-state index < -0.39 is 0 Å². The van der Waals surface area contributed by atoms with Crippen LogP contribution in [0, 0.1) is 5.92 Å². The number of hydrogen-bond acceptors (Lipinski definition) is 8. The quantitative estimate of drug-likeness (QED) is 0.478. The Hall–Kier alpha value is -3.05. The fraction of sp³-hybridized carbons (Fsp3) is 0.385. The maximum absolute atomic E-state index is 13.3. The number of amides is 2. The Kier molecular flexibility index (Phi) is 12.3. The van der Waals surface area contributed by atoms with Crippen LogP contribution in [0.4, 0.5) is 11.5 Å². The molecular weight excluding hydrogens is 563 g/mol. The van der Waals surface area contributed by atoms with Gasteiger partial charge in [-0.15, -0.1) is 37.2 Å². The first kappa shape index (κ1) is 32.2. The molecule has 0 radical (unpaired) electrons. The average Bonchev–Trinajstić information content (AvgIpc) is 2.94. The number of rotatable bonds is 5. The average molecular weight is 596 g/mol. The van der Waals surface area contributed by atoms with Gasteiger partial charge in [0.05, 0.1) is 11.6 Å². The van der Waals surface area contributed by atoms with Crippen molar-refractivity contribution in [3.63, 3.8) is 0 Å². The highest BCUT2D eigenvalue weighted by Gasteiger charge is 2.30. The van der Waals surface area contributed by atoms with E-state index in [2.05, 4.69) is 42.1 Å². The zero-order valence-corrected chi connectivity index (χ0v) is 24.1. The summed E-state index contributed by atoms with van der Waals surface area (Å²) < 4.78 is 0. The van der Waals surface area contributed by atoms with Crippen molar-refractivity contribution < 1.29 is 9.59 Å². The van der Waals surface area contributed by atoms with Gasteiger partial charge in [-0.05, 0) is 44.2 Å².